The highest BCUT2D eigenvalue weighted by molar-refractivity contribution is 7.03. The average Bonchev–Trinajstić information content (AvgIpc) is 2.94. The van der Waals surface area contributed by atoms with Crippen LogP contribution in [0.3, 0.4) is 0 Å². The first-order valence-corrected chi connectivity index (χ1v) is 7.81. The molecule has 0 radical (unpaired) electrons. The van der Waals surface area contributed by atoms with Gasteiger partial charge in [0.15, 0.2) is 0 Å². The van der Waals surface area contributed by atoms with Crippen molar-refractivity contribution in [2.24, 2.45) is 0 Å². The van der Waals surface area contributed by atoms with Gasteiger partial charge in [0.2, 0.25) is 0 Å². The first kappa shape index (κ1) is 14.9. The van der Waals surface area contributed by atoms with Crippen molar-refractivity contribution in [1.82, 2.24) is 14.9 Å². The summed E-state index contributed by atoms with van der Waals surface area (Å²) >= 11 is 1.38. The number of rotatable bonds is 7. The van der Waals surface area contributed by atoms with Gasteiger partial charge in [-0.15, -0.1) is 5.10 Å². The Bertz CT molecular complexity index is 496. The lowest BCUT2D eigenvalue weighted by atomic mass is 10.0. The SMILES string of the molecule is CCCNC(c1ccc(OC(C)C)cc1)c1csnn1. The number of hydrogen-bond donors (Lipinski definition) is 1. The van der Waals surface area contributed by atoms with Crippen LogP contribution < -0.4 is 10.1 Å². The van der Waals surface area contributed by atoms with E-state index in [-0.39, 0.29) is 12.1 Å². The molecule has 0 amide bonds. The number of nitrogens with zero attached hydrogens (tertiary/aromatic N) is 2. The smallest absolute Gasteiger partial charge is 0.119 e. The molecule has 5 heteroatoms. The first-order chi connectivity index (χ1) is 9.70. The van der Waals surface area contributed by atoms with Gasteiger partial charge in [-0.25, -0.2) is 0 Å². The minimum atomic E-state index is 0.0989. The van der Waals surface area contributed by atoms with Crippen molar-refractivity contribution in [2.45, 2.75) is 39.3 Å². The van der Waals surface area contributed by atoms with Crippen molar-refractivity contribution in [2.75, 3.05) is 6.54 Å². The van der Waals surface area contributed by atoms with E-state index < -0.39 is 0 Å². The lowest BCUT2D eigenvalue weighted by Gasteiger charge is -2.17. The Hall–Kier alpha value is -1.46. The summed E-state index contributed by atoms with van der Waals surface area (Å²) in [5, 5.41) is 9.70. The van der Waals surface area contributed by atoms with E-state index >= 15 is 0 Å². The van der Waals surface area contributed by atoms with Crippen LogP contribution in [-0.2, 0) is 0 Å². The zero-order valence-corrected chi connectivity index (χ0v) is 13.0. The molecule has 2 aromatic rings. The van der Waals surface area contributed by atoms with Gasteiger partial charge >= 0.3 is 0 Å². The van der Waals surface area contributed by atoms with E-state index in [4.69, 9.17) is 4.74 Å². The summed E-state index contributed by atoms with van der Waals surface area (Å²) in [5.41, 5.74) is 2.16. The number of nitrogens with one attached hydrogen (secondary N) is 1. The van der Waals surface area contributed by atoms with Crippen LogP contribution in [0.1, 0.15) is 44.5 Å². The third-order valence-electron chi connectivity index (χ3n) is 2.86. The topological polar surface area (TPSA) is 47.0 Å². The maximum atomic E-state index is 5.67. The van der Waals surface area contributed by atoms with E-state index in [1.807, 2.05) is 31.4 Å². The van der Waals surface area contributed by atoms with E-state index in [0.29, 0.717) is 0 Å². The Balaban J connectivity index is 2.16. The lowest BCUT2D eigenvalue weighted by molar-refractivity contribution is 0.242. The van der Waals surface area contributed by atoms with Gasteiger partial charge in [-0.3, -0.25) is 0 Å². The van der Waals surface area contributed by atoms with Crippen molar-refractivity contribution in [3.8, 4) is 5.75 Å². The van der Waals surface area contributed by atoms with Crippen molar-refractivity contribution in [3.05, 3.63) is 40.9 Å². The van der Waals surface area contributed by atoms with Crippen LogP contribution in [0.15, 0.2) is 29.6 Å². The second-order valence-electron chi connectivity index (χ2n) is 4.95. The quantitative estimate of drug-likeness (QED) is 0.849. The molecule has 0 aliphatic rings. The highest BCUT2D eigenvalue weighted by Gasteiger charge is 2.16. The third-order valence-corrected chi connectivity index (χ3v) is 3.38. The van der Waals surface area contributed by atoms with Gasteiger partial charge in [0.1, 0.15) is 5.75 Å². The standard InChI is InChI=1S/C15H21N3OS/c1-4-9-16-15(14-10-20-18-17-14)12-5-7-13(8-6-12)19-11(2)3/h5-8,10-11,15-16H,4,9H2,1-3H3. The van der Waals surface area contributed by atoms with Crippen molar-refractivity contribution in [3.63, 3.8) is 0 Å². The summed E-state index contributed by atoms with van der Waals surface area (Å²) in [6.45, 7) is 7.16. The summed E-state index contributed by atoms with van der Waals surface area (Å²) < 4.78 is 9.64. The Morgan fingerprint density at radius 2 is 2.00 bits per heavy atom. The fraction of sp³-hybridized carbons (Fsp3) is 0.467. The Morgan fingerprint density at radius 1 is 1.25 bits per heavy atom. The lowest BCUT2D eigenvalue weighted by Crippen LogP contribution is -2.23. The molecule has 20 heavy (non-hydrogen) atoms. The Labute approximate surface area is 124 Å². The molecular formula is C15H21N3OS. The molecule has 0 aliphatic heterocycles. The molecule has 0 saturated heterocycles. The Kier molecular flexibility index (Phi) is 5.49. The van der Waals surface area contributed by atoms with E-state index in [2.05, 4.69) is 34.0 Å². The van der Waals surface area contributed by atoms with Gasteiger partial charge in [-0.2, -0.15) is 0 Å². The molecule has 0 fully saturated rings. The van der Waals surface area contributed by atoms with Gasteiger partial charge in [-0.1, -0.05) is 23.5 Å². The maximum Gasteiger partial charge on any atom is 0.119 e. The van der Waals surface area contributed by atoms with Gasteiger partial charge in [-0.05, 0) is 56.0 Å². The highest BCUT2D eigenvalue weighted by atomic mass is 32.1. The van der Waals surface area contributed by atoms with Gasteiger partial charge in [0, 0.05) is 5.38 Å². The molecule has 108 valence electrons. The van der Waals surface area contributed by atoms with Gasteiger partial charge in [0.25, 0.3) is 0 Å². The van der Waals surface area contributed by atoms with Gasteiger partial charge in [0.05, 0.1) is 17.8 Å². The molecule has 0 saturated carbocycles. The molecule has 0 spiro atoms. The fourth-order valence-corrected chi connectivity index (χ4v) is 2.47. The summed E-state index contributed by atoms with van der Waals surface area (Å²) in [6.07, 6.45) is 1.28. The molecule has 1 atom stereocenters. The van der Waals surface area contributed by atoms with E-state index in [9.17, 15) is 0 Å². The van der Waals surface area contributed by atoms with Crippen molar-refractivity contribution >= 4 is 11.5 Å². The van der Waals surface area contributed by atoms with Crippen LogP contribution in [0.5, 0.6) is 5.75 Å². The molecule has 1 N–H and O–H groups in total. The van der Waals surface area contributed by atoms with Crippen LogP contribution in [-0.4, -0.2) is 22.2 Å². The zero-order valence-electron chi connectivity index (χ0n) is 12.2. The average molecular weight is 291 g/mol. The molecule has 0 aliphatic carbocycles. The number of ether oxygens (including phenoxy) is 1. The van der Waals surface area contributed by atoms with Crippen LogP contribution in [0.4, 0.5) is 0 Å². The molecule has 1 unspecified atom stereocenters. The predicted molar refractivity (Wildman–Crippen MR) is 82.3 cm³/mol. The molecule has 1 aromatic carbocycles. The molecular weight excluding hydrogens is 270 g/mol. The largest absolute Gasteiger partial charge is 0.491 e. The number of aromatic nitrogens is 2. The van der Waals surface area contributed by atoms with E-state index in [1.165, 1.54) is 17.1 Å². The van der Waals surface area contributed by atoms with E-state index in [1.54, 1.807) is 0 Å². The third kappa shape index (κ3) is 4.02. The predicted octanol–water partition coefficient (Wildman–Crippen LogP) is 3.41. The number of hydrogen-bond acceptors (Lipinski definition) is 5. The molecule has 4 nitrogen and oxygen atoms in total. The van der Waals surface area contributed by atoms with Crippen molar-refractivity contribution in [1.29, 1.82) is 0 Å². The molecule has 0 bridgehead atoms. The second kappa shape index (κ2) is 7.36. The molecule has 1 aromatic heterocycles. The minimum absolute atomic E-state index is 0.0989. The highest BCUT2D eigenvalue weighted by Crippen LogP contribution is 2.23. The molecule has 2 rings (SSSR count). The first-order valence-electron chi connectivity index (χ1n) is 6.97. The normalized spacial score (nSPS) is 12.6. The van der Waals surface area contributed by atoms with Gasteiger partial charge < -0.3 is 10.1 Å². The summed E-state index contributed by atoms with van der Waals surface area (Å²) in [6, 6.07) is 8.29. The maximum absolute atomic E-state index is 5.67. The van der Waals surface area contributed by atoms with Crippen LogP contribution in [0.25, 0.3) is 0 Å². The summed E-state index contributed by atoms with van der Waals surface area (Å²) in [4.78, 5) is 0. The summed E-state index contributed by atoms with van der Waals surface area (Å²) in [5.74, 6) is 0.898. The van der Waals surface area contributed by atoms with E-state index in [0.717, 1.165) is 24.4 Å². The van der Waals surface area contributed by atoms with Crippen LogP contribution in [0.2, 0.25) is 0 Å². The fourth-order valence-electron chi connectivity index (χ4n) is 1.99. The molecule has 1 heterocycles. The van der Waals surface area contributed by atoms with Crippen LogP contribution >= 0.6 is 11.5 Å². The van der Waals surface area contributed by atoms with Crippen molar-refractivity contribution < 1.29 is 4.74 Å². The summed E-state index contributed by atoms with van der Waals surface area (Å²) in [7, 11) is 0. The minimum Gasteiger partial charge on any atom is -0.491 e. The monoisotopic (exact) mass is 291 g/mol. The second-order valence-corrected chi connectivity index (χ2v) is 5.56. The Morgan fingerprint density at radius 3 is 2.55 bits per heavy atom. The zero-order chi connectivity index (χ0) is 14.4. The van der Waals surface area contributed by atoms with Crippen LogP contribution in [0, 0.1) is 0 Å². The number of benzene rings is 1.